The highest BCUT2D eigenvalue weighted by Crippen LogP contribution is 2.27. The number of hydrogen-bond acceptors (Lipinski definition) is 4. The number of rotatable bonds is 4. The average Bonchev–Trinajstić information content (AvgIpc) is 2.76. The van der Waals surface area contributed by atoms with Crippen LogP contribution in [0.3, 0.4) is 0 Å². The second-order valence-corrected chi connectivity index (χ2v) is 8.21. The van der Waals surface area contributed by atoms with Crippen LogP contribution < -0.4 is 10.6 Å². The third-order valence-electron chi connectivity index (χ3n) is 5.56. The van der Waals surface area contributed by atoms with Crippen molar-refractivity contribution in [1.29, 1.82) is 0 Å². The SMILES string of the molecule is CC1CN(C(C(=O)NC2CC3CCC(C2)N3)C(C)C)CC(C)O1. The van der Waals surface area contributed by atoms with Gasteiger partial charge in [0.2, 0.25) is 5.91 Å². The van der Waals surface area contributed by atoms with Gasteiger partial charge in [0.25, 0.3) is 0 Å². The third-order valence-corrected chi connectivity index (χ3v) is 5.56. The smallest absolute Gasteiger partial charge is 0.237 e. The van der Waals surface area contributed by atoms with Crippen molar-refractivity contribution >= 4 is 5.91 Å². The summed E-state index contributed by atoms with van der Waals surface area (Å²) in [5, 5.41) is 7.01. The second kappa shape index (κ2) is 7.08. The van der Waals surface area contributed by atoms with Gasteiger partial charge in [0.15, 0.2) is 0 Å². The normalized spacial score (nSPS) is 39.4. The molecule has 0 spiro atoms. The van der Waals surface area contributed by atoms with Gasteiger partial charge < -0.3 is 15.4 Å². The fraction of sp³-hybridized carbons (Fsp3) is 0.944. The van der Waals surface area contributed by atoms with E-state index < -0.39 is 0 Å². The van der Waals surface area contributed by atoms with Crippen molar-refractivity contribution in [3.05, 3.63) is 0 Å². The van der Waals surface area contributed by atoms with Crippen LogP contribution in [0.25, 0.3) is 0 Å². The number of piperidine rings is 1. The highest BCUT2D eigenvalue weighted by Gasteiger charge is 2.38. The lowest BCUT2D eigenvalue weighted by Crippen LogP contribution is -2.59. The van der Waals surface area contributed by atoms with Gasteiger partial charge in [-0.15, -0.1) is 0 Å². The average molecular weight is 323 g/mol. The predicted molar refractivity (Wildman–Crippen MR) is 91.3 cm³/mol. The zero-order chi connectivity index (χ0) is 16.6. The minimum atomic E-state index is -0.0451. The van der Waals surface area contributed by atoms with E-state index in [9.17, 15) is 4.79 Å². The Hall–Kier alpha value is -0.650. The zero-order valence-electron chi connectivity index (χ0n) is 15.0. The van der Waals surface area contributed by atoms with Crippen molar-refractivity contribution in [3.8, 4) is 0 Å². The molecule has 5 unspecified atom stereocenters. The van der Waals surface area contributed by atoms with Gasteiger partial charge >= 0.3 is 0 Å². The molecule has 23 heavy (non-hydrogen) atoms. The van der Waals surface area contributed by atoms with Crippen LogP contribution in [-0.4, -0.2) is 60.3 Å². The number of carbonyl (C=O) groups excluding carboxylic acids is 1. The lowest BCUT2D eigenvalue weighted by atomic mass is 9.96. The third kappa shape index (κ3) is 4.06. The topological polar surface area (TPSA) is 53.6 Å². The maximum Gasteiger partial charge on any atom is 0.237 e. The molecule has 2 bridgehead atoms. The van der Waals surface area contributed by atoms with Gasteiger partial charge in [0.05, 0.1) is 18.2 Å². The number of nitrogens with zero attached hydrogens (tertiary/aromatic N) is 1. The van der Waals surface area contributed by atoms with E-state index in [1.807, 2.05) is 0 Å². The number of hydrogen-bond donors (Lipinski definition) is 2. The Morgan fingerprint density at radius 1 is 1.13 bits per heavy atom. The van der Waals surface area contributed by atoms with Crippen LogP contribution in [0.15, 0.2) is 0 Å². The summed E-state index contributed by atoms with van der Waals surface area (Å²) in [6.45, 7) is 10.2. The standard InChI is InChI=1S/C18H33N3O2/c1-11(2)17(21-9-12(3)23-13(4)10-21)18(22)20-16-7-14-5-6-15(8-16)19-14/h11-17,19H,5-10H2,1-4H3,(H,20,22). The molecule has 132 valence electrons. The molecule has 3 fully saturated rings. The lowest BCUT2D eigenvalue weighted by Gasteiger charge is -2.41. The zero-order valence-corrected chi connectivity index (χ0v) is 15.0. The van der Waals surface area contributed by atoms with E-state index in [0.717, 1.165) is 25.9 Å². The molecule has 0 aromatic heterocycles. The summed E-state index contributed by atoms with van der Waals surface area (Å²) in [5.74, 6) is 0.526. The predicted octanol–water partition coefficient (Wildman–Crippen LogP) is 1.52. The Morgan fingerprint density at radius 3 is 2.22 bits per heavy atom. The summed E-state index contributed by atoms with van der Waals surface area (Å²) in [4.78, 5) is 15.3. The van der Waals surface area contributed by atoms with Crippen molar-refractivity contribution in [1.82, 2.24) is 15.5 Å². The van der Waals surface area contributed by atoms with E-state index in [1.54, 1.807) is 0 Å². The Balaban J connectivity index is 1.62. The van der Waals surface area contributed by atoms with Crippen LogP contribution in [0, 0.1) is 5.92 Å². The molecule has 0 aromatic rings. The quantitative estimate of drug-likeness (QED) is 0.824. The molecule has 0 saturated carbocycles. The minimum absolute atomic E-state index is 0.0451. The van der Waals surface area contributed by atoms with Gasteiger partial charge in [0.1, 0.15) is 0 Å². The first-order valence-corrected chi connectivity index (χ1v) is 9.38. The number of morpholine rings is 1. The number of fused-ring (bicyclic) bond motifs is 2. The van der Waals surface area contributed by atoms with Crippen molar-refractivity contribution in [2.75, 3.05) is 13.1 Å². The first kappa shape index (κ1) is 17.2. The van der Waals surface area contributed by atoms with Gasteiger partial charge in [-0.25, -0.2) is 0 Å². The number of amides is 1. The summed E-state index contributed by atoms with van der Waals surface area (Å²) in [6.07, 6.45) is 5.10. The molecule has 2 N–H and O–H groups in total. The second-order valence-electron chi connectivity index (χ2n) is 8.21. The van der Waals surface area contributed by atoms with Crippen LogP contribution in [0.5, 0.6) is 0 Å². The molecule has 0 radical (unpaired) electrons. The molecule has 3 heterocycles. The molecule has 3 saturated heterocycles. The summed E-state index contributed by atoms with van der Waals surface area (Å²) < 4.78 is 5.83. The molecule has 3 rings (SSSR count). The van der Waals surface area contributed by atoms with Crippen LogP contribution in [-0.2, 0) is 9.53 Å². The Kier molecular flexibility index (Phi) is 5.29. The van der Waals surface area contributed by atoms with Crippen molar-refractivity contribution in [2.24, 2.45) is 5.92 Å². The highest BCUT2D eigenvalue weighted by atomic mass is 16.5. The van der Waals surface area contributed by atoms with Crippen LogP contribution >= 0.6 is 0 Å². The lowest BCUT2D eigenvalue weighted by molar-refractivity contribution is -0.136. The van der Waals surface area contributed by atoms with E-state index in [0.29, 0.717) is 24.0 Å². The van der Waals surface area contributed by atoms with Crippen molar-refractivity contribution in [3.63, 3.8) is 0 Å². The van der Waals surface area contributed by atoms with E-state index in [4.69, 9.17) is 4.74 Å². The summed E-state index contributed by atoms with van der Waals surface area (Å²) in [7, 11) is 0. The first-order valence-electron chi connectivity index (χ1n) is 9.38. The molecule has 0 aromatic carbocycles. The maximum absolute atomic E-state index is 13.0. The summed E-state index contributed by atoms with van der Waals surface area (Å²) >= 11 is 0. The summed E-state index contributed by atoms with van der Waals surface area (Å²) in [6, 6.07) is 1.52. The monoisotopic (exact) mass is 323 g/mol. The Bertz CT molecular complexity index is 406. The van der Waals surface area contributed by atoms with Crippen LogP contribution in [0.1, 0.15) is 53.4 Å². The molecule has 1 amide bonds. The van der Waals surface area contributed by atoms with Gasteiger partial charge in [0, 0.05) is 31.2 Å². The van der Waals surface area contributed by atoms with E-state index in [-0.39, 0.29) is 24.2 Å². The van der Waals surface area contributed by atoms with Gasteiger partial charge in [-0.2, -0.15) is 0 Å². The molecular formula is C18H33N3O2. The molecule has 0 aliphatic carbocycles. The van der Waals surface area contributed by atoms with E-state index in [2.05, 4.69) is 43.2 Å². The van der Waals surface area contributed by atoms with Gasteiger partial charge in [-0.3, -0.25) is 9.69 Å². The van der Waals surface area contributed by atoms with Crippen LogP contribution in [0.2, 0.25) is 0 Å². The molecule has 3 aliphatic rings. The molecule has 5 atom stereocenters. The fourth-order valence-corrected chi connectivity index (χ4v) is 4.80. The molecular weight excluding hydrogens is 290 g/mol. The maximum atomic E-state index is 13.0. The van der Waals surface area contributed by atoms with E-state index in [1.165, 1.54) is 12.8 Å². The fourth-order valence-electron chi connectivity index (χ4n) is 4.80. The summed E-state index contributed by atoms with van der Waals surface area (Å²) in [5.41, 5.74) is 0. The van der Waals surface area contributed by atoms with Crippen LogP contribution in [0.4, 0.5) is 0 Å². The molecule has 5 nitrogen and oxygen atoms in total. The molecule has 3 aliphatic heterocycles. The van der Waals surface area contributed by atoms with Gasteiger partial charge in [-0.05, 0) is 45.4 Å². The van der Waals surface area contributed by atoms with Crippen molar-refractivity contribution in [2.45, 2.75) is 89.8 Å². The number of nitrogens with one attached hydrogen (secondary N) is 2. The first-order chi connectivity index (χ1) is 10.9. The Labute approximate surface area is 140 Å². The van der Waals surface area contributed by atoms with Gasteiger partial charge in [-0.1, -0.05) is 13.8 Å². The van der Waals surface area contributed by atoms with E-state index >= 15 is 0 Å². The van der Waals surface area contributed by atoms with Crippen molar-refractivity contribution < 1.29 is 9.53 Å². The largest absolute Gasteiger partial charge is 0.373 e. The molecule has 5 heteroatoms. The Morgan fingerprint density at radius 2 is 1.70 bits per heavy atom. The highest BCUT2D eigenvalue weighted by molar-refractivity contribution is 5.82. The number of ether oxygens (including phenoxy) is 1. The minimum Gasteiger partial charge on any atom is -0.373 e. The number of carbonyl (C=O) groups is 1.